The van der Waals surface area contributed by atoms with Crippen LogP contribution in [0, 0.1) is 6.92 Å². The van der Waals surface area contributed by atoms with Gasteiger partial charge in [-0.3, -0.25) is 9.69 Å². The van der Waals surface area contributed by atoms with Crippen LogP contribution in [-0.2, 0) is 18.4 Å². The summed E-state index contributed by atoms with van der Waals surface area (Å²) in [4.78, 5) is 14.3. The highest BCUT2D eigenvalue weighted by atomic mass is 35.5. The largest absolute Gasteiger partial charge is 0.439 e. The topological polar surface area (TPSA) is 85.4 Å². The minimum Gasteiger partial charge on any atom is -0.439 e. The van der Waals surface area contributed by atoms with Crippen molar-refractivity contribution in [2.24, 2.45) is 12.8 Å². The highest BCUT2D eigenvalue weighted by Crippen LogP contribution is 2.31. The molecule has 0 radical (unpaired) electrons. The molecule has 1 saturated heterocycles. The molecular weight excluding hydrogens is 354 g/mol. The number of likely N-dealkylation sites (tertiary alicyclic amines) is 1. The Labute approximate surface area is 158 Å². The summed E-state index contributed by atoms with van der Waals surface area (Å²) in [6, 6.07) is 6.93. The summed E-state index contributed by atoms with van der Waals surface area (Å²) in [5, 5.41) is 7.86. The number of aryl methyl sites for hydroxylation is 2. The lowest BCUT2D eigenvalue weighted by atomic mass is 10.1. The summed E-state index contributed by atoms with van der Waals surface area (Å²) < 4.78 is 7.77. The van der Waals surface area contributed by atoms with Crippen molar-refractivity contribution in [1.82, 2.24) is 20.0 Å². The predicted molar refractivity (Wildman–Crippen MR) is 100 cm³/mol. The first-order valence-corrected chi connectivity index (χ1v) is 8.94. The van der Waals surface area contributed by atoms with Gasteiger partial charge in [-0.25, -0.2) is 4.68 Å². The van der Waals surface area contributed by atoms with Crippen LogP contribution >= 0.6 is 11.6 Å². The van der Waals surface area contributed by atoms with E-state index in [2.05, 4.69) is 15.3 Å². The molecule has 3 N–H and O–H groups in total. The maximum Gasteiger partial charge on any atom is 0.237 e. The quantitative estimate of drug-likeness (QED) is 0.830. The van der Waals surface area contributed by atoms with E-state index in [4.69, 9.17) is 22.1 Å². The molecule has 140 valence electrons. The Balaban J connectivity index is 1.85. The molecule has 1 aliphatic heterocycles. The first-order valence-electron chi connectivity index (χ1n) is 8.56. The van der Waals surface area contributed by atoms with Crippen molar-refractivity contribution >= 4 is 17.5 Å². The molecule has 2 atom stereocenters. The van der Waals surface area contributed by atoms with E-state index in [1.54, 1.807) is 23.9 Å². The molecule has 0 unspecified atom stereocenters. The van der Waals surface area contributed by atoms with Crippen LogP contribution in [0.3, 0.4) is 0 Å². The lowest BCUT2D eigenvalue weighted by molar-refractivity contribution is -0.125. The Kier molecular flexibility index (Phi) is 5.50. The van der Waals surface area contributed by atoms with Gasteiger partial charge >= 0.3 is 0 Å². The van der Waals surface area contributed by atoms with Crippen LogP contribution in [0.2, 0.25) is 5.02 Å². The summed E-state index contributed by atoms with van der Waals surface area (Å²) in [6.45, 7) is 3.15. The van der Waals surface area contributed by atoms with Gasteiger partial charge in [-0.2, -0.15) is 5.10 Å². The number of likely N-dealkylation sites (N-methyl/N-ethyl adjacent to an activating group) is 1. The van der Waals surface area contributed by atoms with Crippen molar-refractivity contribution in [2.75, 3.05) is 13.6 Å². The number of amides is 1. The molecule has 0 bridgehead atoms. The van der Waals surface area contributed by atoms with Gasteiger partial charge in [0.1, 0.15) is 5.75 Å². The molecule has 7 nitrogen and oxygen atoms in total. The molecule has 8 heteroatoms. The number of carbonyl (C=O) groups is 1. The summed E-state index contributed by atoms with van der Waals surface area (Å²) >= 11 is 5.94. The van der Waals surface area contributed by atoms with Gasteiger partial charge in [0.25, 0.3) is 0 Å². The molecule has 1 aliphatic rings. The van der Waals surface area contributed by atoms with Crippen molar-refractivity contribution < 1.29 is 9.53 Å². The van der Waals surface area contributed by atoms with Crippen molar-refractivity contribution in [1.29, 1.82) is 0 Å². The second kappa shape index (κ2) is 7.65. The number of nitrogens with zero attached hydrogens (tertiary/aromatic N) is 3. The van der Waals surface area contributed by atoms with Gasteiger partial charge in [0.2, 0.25) is 11.8 Å². The second-order valence-electron chi connectivity index (χ2n) is 6.60. The average molecular weight is 378 g/mol. The van der Waals surface area contributed by atoms with Crippen molar-refractivity contribution in [3.8, 4) is 11.6 Å². The molecule has 3 rings (SSSR count). The Hall–Kier alpha value is -2.09. The average Bonchev–Trinajstić information content (AvgIpc) is 3.10. The summed E-state index contributed by atoms with van der Waals surface area (Å²) in [5.41, 5.74) is 7.91. The van der Waals surface area contributed by atoms with Gasteiger partial charge in [-0.05, 0) is 37.6 Å². The van der Waals surface area contributed by atoms with Gasteiger partial charge < -0.3 is 15.8 Å². The van der Waals surface area contributed by atoms with Gasteiger partial charge in [-0.15, -0.1) is 0 Å². The maximum absolute atomic E-state index is 12.2. The first-order chi connectivity index (χ1) is 12.4. The third-order valence-corrected chi connectivity index (χ3v) is 4.92. The molecule has 2 heterocycles. The molecule has 0 spiro atoms. The zero-order valence-corrected chi connectivity index (χ0v) is 16.0. The van der Waals surface area contributed by atoms with Crippen molar-refractivity contribution in [2.45, 2.75) is 32.0 Å². The first kappa shape index (κ1) is 18.7. The molecule has 1 aromatic heterocycles. The van der Waals surface area contributed by atoms with Gasteiger partial charge in [-0.1, -0.05) is 11.6 Å². The highest BCUT2D eigenvalue weighted by Gasteiger charge is 2.35. The lowest BCUT2D eigenvalue weighted by Crippen LogP contribution is -2.41. The smallest absolute Gasteiger partial charge is 0.237 e. The number of hydrogen-bond acceptors (Lipinski definition) is 5. The number of ether oxygens (including phenoxy) is 1. The van der Waals surface area contributed by atoms with Crippen LogP contribution in [0.15, 0.2) is 24.3 Å². The zero-order chi connectivity index (χ0) is 18.8. The summed E-state index contributed by atoms with van der Waals surface area (Å²) in [6.07, 6.45) is 0.645. The second-order valence-corrected chi connectivity index (χ2v) is 7.04. The van der Waals surface area contributed by atoms with Gasteiger partial charge in [0, 0.05) is 38.2 Å². The summed E-state index contributed by atoms with van der Waals surface area (Å²) in [5.74, 6) is 1.32. The SMILES string of the molecule is CNC(=O)[C@@H]1C[C@@H](N)CN1Cc1c(C)nn(C)c1Oc1ccc(Cl)cc1. The van der Waals surface area contributed by atoms with Crippen LogP contribution in [0.5, 0.6) is 11.6 Å². The normalized spacial score (nSPS) is 20.3. The highest BCUT2D eigenvalue weighted by molar-refractivity contribution is 6.30. The van der Waals surface area contributed by atoms with E-state index >= 15 is 0 Å². The Morgan fingerprint density at radius 3 is 2.77 bits per heavy atom. The van der Waals surface area contributed by atoms with Crippen molar-refractivity contribution in [3.05, 3.63) is 40.5 Å². The zero-order valence-electron chi connectivity index (χ0n) is 15.2. The number of aromatic nitrogens is 2. The van der Waals surface area contributed by atoms with E-state index in [9.17, 15) is 4.79 Å². The van der Waals surface area contributed by atoms with E-state index < -0.39 is 0 Å². The summed E-state index contributed by atoms with van der Waals surface area (Å²) in [7, 11) is 3.49. The van der Waals surface area contributed by atoms with E-state index in [1.165, 1.54) is 0 Å². The number of carbonyl (C=O) groups excluding carboxylic acids is 1. The van der Waals surface area contributed by atoms with Gasteiger partial charge in [0.05, 0.1) is 17.3 Å². The predicted octanol–water partition coefficient (Wildman–Crippen LogP) is 1.82. The fourth-order valence-corrected chi connectivity index (χ4v) is 3.49. The molecule has 0 saturated carbocycles. The van der Waals surface area contributed by atoms with Crippen LogP contribution < -0.4 is 15.8 Å². The Morgan fingerprint density at radius 1 is 1.42 bits per heavy atom. The monoisotopic (exact) mass is 377 g/mol. The number of nitrogens with one attached hydrogen (secondary N) is 1. The number of halogens is 1. The fourth-order valence-electron chi connectivity index (χ4n) is 3.36. The van der Waals surface area contributed by atoms with E-state index in [0.29, 0.717) is 36.2 Å². The fraction of sp³-hybridized carbons (Fsp3) is 0.444. The molecule has 2 aromatic rings. The van der Waals surface area contributed by atoms with Gasteiger partial charge in [0.15, 0.2) is 0 Å². The van der Waals surface area contributed by atoms with E-state index in [-0.39, 0.29) is 18.0 Å². The molecule has 26 heavy (non-hydrogen) atoms. The van der Waals surface area contributed by atoms with Crippen LogP contribution in [0.25, 0.3) is 0 Å². The molecule has 1 amide bonds. The Bertz CT molecular complexity index is 790. The van der Waals surface area contributed by atoms with Crippen LogP contribution in [0.1, 0.15) is 17.7 Å². The lowest BCUT2D eigenvalue weighted by Gasteiger charge is -2.23. The van der Waals surface area contributed by atoms with Crippen molar-refractivity contribution in [3.63, 3.8) is 0 Å². The molecular formula is C18H24ClN5O2. The van der Waals surface area contributed by atoms with E-state index in [0.717, 1.165) is 11.3 Å². The Morgan fingerprint density at radius 2 is 2.12 bits per heavy atom. The molecule has 1 fully saturated rings. The van der Waals surface area contributed by atoms with Crippen LogP contribution in [0.4, 0.5) is 0 Å². The minimum absolute atomic E-state index is 0.0142. The van der Waals surface area contributed by atoms with E-state index in [1.807, 2.05) is 26.1 Å². The minimum atomic E-state index is -0.238. The number of rotatable bonds is 5. The molecule has 1 aromatic carbocycles. The standard InChI is InChI=1S/C18H24ClN5O2/c1-11-15(10-24-9-13(20)8-16(24)17(25)21-2)18(23(3)22-11)26-14-6-4-12(19)5-7-14/h4-7,13,16H,8-10,20H2,1-3H3,(H,21,25)/t13-,16+/m1/s1. The number of benzene rings is 1. The molecule has 0 aliphatic carbocycles. The maximum atomic E-state index is 12.2. The number of nitrogens with two attached hydrogens (primary N) is 1. The third kappa shape index (κ3) is 3.85. The number of hydrogen-bond donors (Lipinski definition) is 2. The van der Waals surface area contributed by atoms with Crippen LogP contribution in [-0.4, -0.2) is 46.3 Å². The third-order valence-electron chi connectivity index (χ3n) is 4.66.